The molecule has 6 heteroatoms. The fourth-order valence-corrected chi connectivity index (χ4v) is 2.62. The van der Waals surface area contributed by atoms with Gasteiger partial charge in [0.2, 0.25) is 0 Å². The number of benzene rings is 2. The summed E-state index contributed by atoms with van der Waals surface area (Å²) in [6.07, 6.45) is 1.15. The second kappa shape index (κ2) is 8.59. The average Bonchev–Trinajstić information content (AvgIpc) is 2.52. The van der Waals surface area contributed by atoms with Crippen molar-refractivity contribution >= 4 is 8.25 Å². The second-order valence-electron chi connectivity index (χ2n) is 4.69. The van der Waals surface area contributed by atoms with Crippen LogP contribution >= 0.6 is 8.25 Å². The third-order valence-electron chi connectivity index (χ3n) is 3.05. The van der Waals surface area contributed by atoms with E-state index >= 15 is 0 Å². The van der Waals surface area contributed by atoms with Gasteiger partial charge in [0.25, 0.3) is 0 Å². The van der Waals surface area contributed by atoms with Gasteiger partial charge in [0.1, 0.15) is 11.5 Å². The Hall–Kier alpha value is -1.81. The molecule has 0 aromatic heterocycles. The van der Waals surface area contributed by atoms with Crippen LogP contribution < -0.4 is 9.05 Å². The minimum atomic E-state index is -2.69. The molecule has 22 heavy (non-hydrogen) atoms. The van der Waals surface area contributed by atoms with Crippen molar-refractivity contribution in [3.8, 4) is 11.5 Å². The van der Waals surface area contributed by atoms with Crippen molar-refractivity contribution in [1.29, 1.82) is 0 Å². The first-order valence-electron chi connectivity index (χ1n) is 7.00. The summed E-state index contributed by atoms with van der Waals surface area (Å²) in [4.78, 5) is 0. The van der Waals surface area contributed by atoms with E-state index in [0.717, 1.165) is 11.1 Å². The number of aliphatic hydroxyl groups is 2. The summed E-state index contributed by atoms with van der Waals surface area (Å²) in [7, 11) is -2.69. The molecule has 118 valence electrons. The zero-order valence-electron chi connectivity index (χ0n) is 12.1. The molecule has 0 radical (unpaired) electrons. The Labute approximate surface area is 130 Å². The van der Waals surface area contributed by atoms with Crippen LogP contribution in [0.25, 0.3) is 0 Å². The van der Waals surface area contributed by atoms with Crippen molar-refractivity contribution in [2.24, 2.45) is 0 Å². The highest BCUT2D eigenvalue weighted by Gasteiger charge is 2.05. The van der Waals surface area contributed by atoms with Crippen LogP contribution in [0.5, 0.6) is 11.5 Å². The maximum absolute atomic E-state index is 11.9. The van der Waals surface area contributed by atoms with E-state index in [1.807, 2.05) is 24.3 Å². The van der Waals surface area contributed by atoms with Crippen LogP contribution in [0, 0.1) is 0 Å². The fourth-order valence-electron chi connectivity index (χ4n) is 1.92. The molecule has 2 aromatic rings. The van der Waals surface area contributed by atoms with Gasteiger partial charge in [-0.1, -0.05) is 24.3 Å². The normalized spacial score (nSPS) is 10.7. The van der Waals surface area contributed by atoms with Gasteiger partial charge in [-0.05, 0) is 48.2 Å². The van der Waals surface area contributed by atoms with E-state index in [4.69, 9.17) is 19.3 Å². The summed E-state index contributed by atoms with van der Waals surface area (Å²) < 4.78 is 22.4. The van der Waals surface area contributed by atoms with E-state index in [-0.39, 0.29) is 13.2 Å². The van der Waals surface area contributed by atoms with Gasteiger partial charge in [-0.2, -0.15) is 0 Å². The van der Waals surface area contributed by atoms with Crippen LogP contribution in [0.4, 0.5) is 0 Å². The van der Waals surface area contributed by atoms with Crippen molar-refractivity contribution in [3.63, 3.8) is 0 Å². The zero-order valence-corrected chi connectivity index (χ0v) is 13.1. The molecule has 0 saturated heterocycles. The lowest BCUT2D eigenvalue weighted by molar-refractivity contribution is 0.299. The highest BCUT2D eigenvalue weighted by atomic mass is 31.1. The molecule has 0 heterocycles. The highest BCUT2D eigenvalue weighted by Crippen LogP contribution is 2.30. The molecule has 0 unspecified atom stereocenters. The van der Waals surface area contributed by atoms with E-state index in [0.29, 0.717) is 24.3 Å². The smallest absolute Gasteiger partial charge is 0.418 e. The lowest BCUT2D eigenvalue weighted by Crippen LogP contribution is -1.93. The molecule has 0 amide bonds. The van der Waals surface area contributed by atoms with Gasteiger partial charge in [-0.3, -0.25) is 0 Å². The molecule has 0 atom stereocenters. The van der Waals surface area contributed by atoms with Crippen molar-refractivity contribution in [2.75, 3.05) is 13.2 Å². The molecule has 0 spiro atoms. The molecule has 0 fully saturated rings. The Kier molecular flexibility index (Phi) is 6.46. The monoisotopic (exact) mass is 322 g/mol. The van der Waals surface area contributed by atoms with E-state index in [9.17, 15) is 4.57 Å². The lowest BCUT2D eigenvalue weighted by atomic mass is 10.2. The lowest BCUT2D eigenvalue weighted by Gasteiger charge is -2.09. The molecule has 5 nitrogen and oxygen atoms in total. The SMILES string of the molecule is O=[PH](Oc1ccc(CCO)cc1)Oc1ccc(CCO)cc1. The topological polar surface area (TPSA) is 76.0 Å². The minimum absolute atomic E-state index is 0.0895. The number of hydrogen-bond donors (Lipinski definition) is 2. The van der Waals surface area contributed by atoms with E-state index < -0.39 is 8.25 Å². The van der Waals surface area contributed by atoms with Gasteiger partial charge in [-0.15, -0.1) is 0 Å². The molecule has 0 aliphatic rings. The van der Waals surface area contributed by atoms with Gasteiger partial charge >= 0.3 is 8.25 Å². The van der Waals surface area contributed by atoms with Crippen LogP contribution in [-0.2, 0) is 17.4 Å². The average molecular weight is 322 g/mol. The second-order valence-corrected chi connectivity index (χ2v) is 5.60. The van der Waals surface area contributed by atoms with Gasteiger partial charge in [0.05, 0.1) is 0 Å². The first-order valence-corrected chi connectivity index (χ1v) is 8.23. The Morgan fingerprint density at radius 2 is 1.09 bits per heavy atom. The number of aliphatic hydroxyl groups excluding tert-OH is 2. The predicted molar refractivity (Wildman–Crippen MR) is 84.7 cm³/mol. The van der Waals surface area contributed by atoms with Crippen LogP contribution in [-0.4, -0.2) is 23.4 Å². The molecular formula is C16H19O5P. The predicted octanol–water partition coefficient (Wildman–Crippen LogP) is 2.60. The summed E-state index contributed by atoms with van der Waals surface area (Å²) in [6.45, 7) is 0.179. The maximum Gasteiger partial charge on any atom is 0.418 e. The van der Waals surface area contributed by atoms with Crippen molar-refractivity contribution in [1.82, 2.24) is 0 Å². The Bertz CT molecular complexity index is 541. The fraction of sp³-hybridized carbons (Fsp3) is 0.250. The summed E-state index contributed by atoms with van der Waals surface area (Å²) in [6, 6.07) is 14.0. The van der Waals surface area contributed by atoms with E-state index in [2.05, 4.69) is 0 Å². The van der Waals surface area contributed by atoms with Gasteiger partial charge < -0.3 is 19.3 Å². The van der Waals surface area contributed by atoms with Crippen LogP contribution in [0.15, 0.2) is 48.5 Å². The Morgan fingerprint density at radius 3 is 1.41 bits per heavy atom. The van der Waals surface area contributed by atoms with Crippen molar-refractivity contribution in [2.45, 2.75) is 12.8 Å². The van der Waals surface area contributed by atoms with E-state index in [1.54, 1.807) is 24.3 Å². The van der Waals surface area contributed by atoms with Crippen LogP contribution in [0.1, 0.15) is 11.1 Å². The zero-order chi connectivity index (χ0) is 15.8. The number of rotatable bonds is 8. The van der Waals surface area contributed by atoms with Crippen LogP contribution in [0.3, 0.4) is 0 Å². The first-order chi connectivity index (χ1) is 10.7. The Balaban J connectivity index is 1.89. The molecule has 0 aliphatic heterocycles. The summed E-state index contributed by atoms with van der Waals surface area (Å²) >= 11 is 0. The minimum Gasteiger partial charge on any atom is -0.418 e. The standard InChI is InChI=1S/C16H19O5P/c17-11-9-13-1-5-15(6-2-13)20-22(19)21-16-7-3-14(4-8-16)10-12-18/h1-8,17-18,22H,9-12H2. The summed E-state index contributed by atoms with van der Waals surface area (Å²) in [5.41, 5.74) is 1.96. The highest BCUT2D eigenvalue weighted by molar-refractivity contribution is 7.34. The molecule has 2 aromatic carbocycles. The van der Waals surface area contributed by atoms with Gasteiger partial charge in [0.15, 0.2) is 0 Å². The van der Waals surface area contributed by atoms with Crippen LogP contribution in [0.2, 0.25) is 0 Å². The summed E-state index contributed by atoms with van der Waals surface area (Å²) in [5, 5.41) is 17.7. The quantitative estimate of drug-likeness (QED) is 0.731. The molecule has 0 aliphatic carbocycles. The van der Waals surface area contributed by atoms with Crippen molar-refractivity contribution in [3.05, 3.63) is 59.7 Å². The molecular weight excluding hydrogens is 303 g/mol. The largest absolute Gasteiger partial charge is 0.418 e. The summed E-state index contributed by atoms with van der Waals surface area (Å²) in [5.74, 6) is 0.921. The third-order valence-corrected chi connectivity index (χ3v) is 3.85. The maximum atomic E-state index is 11.9. The van der Waals surface area contributed by atoms with E-state index in [1.165, 1.54) is 0 Å². The molecule has 2 N–H and O–H groups in total. The van der Waals surface area contributed by atoms with Crippen molar-refractivity contribution < 1.29 is 23.8 Å². The molecule has 0 saturated carbocycles. The number of hydrogen-bond acceptors (Lipinski definition) is 5. The first kappa shape index (κ1) is 16.6. The molecule has 2 rings (SSSR count). The van der Waals surface area contributed by atoms with Gasteiger partial charge in [0, 0.05) is 13.2 Å². The third kappa shape index (κ3) is 5.19. The Morgan fingerprint density at radius 1 is 0.727 bits per heavy atom. The molecule has 0 bridgehead atoms. The van der Waals surface area contributed by atoms with Gasteiger partial charge in [-0.25, -0.2) is 4.57 Å².